The van der Waals surface area contributed by atoms with Crippen LogP contribution in [0.15, 0.2) is 0 Å². The highest BCUT2D eigenvalue weighted by Crippen LogP contribution is 2.08. The number of alkyl carbamates (subject to hydrolysis) is 1. The smallest absolute Gasteiger partial charge is 0.408 e. The zero-order valence-corrected chi connectivity index (χ0v) is 11.2. The minimum atomic E-state index is -0.553. The monoisotopic (exact) mass is 244 g/mol. The summed E-state index contributed by atoms with van der Waals surface area (Å²) in [7, 11) is 0. The van der Waals surface area contributed by atoms with Crippen LogP contribution >= 0.6 is 0 Å². The molecule has 1 amide bonds. The van der Waals surface area contributed by atoms with Crippen LogP contribution in [-0.2, 0) is 9.53 Å². The predicted molar refractivity (Wildman–Crippen MR) is 66.7 cm³/mol. The van der Waals surface area contributed by atoms with Crippen molar-refractivity contribution in [1.29, 1.82) is 0 Å². The van der Waals surface area contributed by atoms with E-state index in [0.29, 0.717) is 13.0 Å². The first-order chi connectivity index (χ1) is 7.76. The lowest BCUT2D eigenvalue weighted by Gasteiger charge is -2.22. The zero-order chi connectivity index (χ0) is 13.5. The Hall–Kier alpha value is -1.10. The van der Waals surface area contributed by atoms with Gasteiger partial charge in [0.1, 0.15) is 5.60 Å². The first kappa shape index (κ1) is 15.9. The molecule has 0 rings (SSSR count). The Bertz CT molecular complexity index is 259. The number of amides is 1. The quantitative estimate of drug-likeness (QED) is 0.695. The number of Topliss-reactive ketones (excluding diaryl/α,β-unsaturated/α-hetero) is 1. The molecule has 0 aromatic rings. The van der Waals surface area contributed by atoms with Crippen molar-refractivity contribution in [3.63, 3.8) is 0 Å². The number of rotatable bonds is 6. The topological polar surface area (TPSA) is 81.4 Å². The molecule has 5 nitrogen and oxygen atoms in total. The van der Waals surface area contributed by atoms with Gasteiger partial charge in [-0.05, 0) is 53.5 Å². The van der Waals surface area contributed by atoms with Crippen molar-refractivity contribution in [2.45, 2.75) is 58.6 Å². The van der Waals surface area contributed by atoms with Crippen molar-refractivity contribution in [3.8, 4) is 0 Å². The lowest BCUT2D eigenvalue weighted by molar-refractivity contribution is -0.119. The molecule has 0 aromatic heterocycles. The molecule has 100 valence electrons. The molecular formula is C12H24N2O3. The van der Waals surface area contributed by atoms with Gasteiger partial charge >= 0.3 is 6.09 Å². The highest BCUT2D eigenvalue weighted by Gasteiger charge is 2.21. The first-order valence-electron chi connectivity index (χ1n) is 5.96. The Kier molecular flexibility index (Phi) is 6.80. The lowest BCUT2D eigenvalue weighted by Crippen LogP contribution is -2.42. The minimum Gasteiger partial charge on any atom is -0.444 e. The Balaban J connectivity index is 4.16. The molecule has 0 radical (unpaired) electrons. The Morgan fingerprint density at radius 2 is 1.88 bits per heavy atom. The molecule has 0 spiro atoms. The third-order valence-electron chi connectivity index (χ3n) is 2.13. The standard InChI is InChI=1S/C12H24N2O3/c1-9(15)10(7-5-6-8-13)14-11(16)17-12(2,3)4/h10H,5-8,13H2,1-4H3,(H,14,16). The van der Waals surface area contributed by atoms with Crippen LogP contribution in [0, 0.1) is 0 Å². The summed E-state index contributed by atoms with van der Waals surface area (Å²) in [5.74, 6) is -0.0621. The summed E-state index contributed by atoms with van der Waals surface area (Å²) in [6.07, 6.45) is 1.72. The van der Waals surface area contributed by atoms with E-state index in [0.717, 1.165) is 12.8 Å². The number of ketones is 1. The first-order valence-corrected chi connectivity index (χ1v) is 5.96. The van der Waals surface area contributed by atoms with Gasteiger partial charge in [-0.1, -0.05) is 0 Å². The van der Waals surface area contributed by atoms with Gasteiger partial charge in [-0.3, -0.25) is 4.79 Å². The van der Waals surface area contributed by atoms with Crippen molar-refractivity contribution >= 4 is 11.9 Å². The van der Waals surface area contributed by atoms with Crippen molar-refractivity contribution < 1.29 is 14.3 Å². The highest BCUT2D eigenvalue weighted by molar-refractivity contribution is 5.85. The van der Waals surface area contributed by atoms with Crippen LogP contribution in [0.4, 0.5) is 4.79 Å². The molecule has 0 aliphatic rings. The summed E-state index contributed by atoms with van der Waals surface area (Å²) in [5.41, 5.74) is 4.83. The van der Waals surface area contributed by atoms with Crippen molar-refractivity contribution in [2.24, 2.45) is 5.73 Å². The molecule has 0 bridgehead atoms. The number of unbranched alkanes of at least 4 members (excludes halogenated alkanes) is 1. The summed E-state index contributed by atoms with van der Waals surface area (Å²) >= 11 is 0. The zero-order valence-electron chi connectivity index (χ0n) is 11.2. The van der Waals surface area contributed by atoms with Crippen molar-refractivity contribution in [3.05, 3.63) is 0 Å². The second kappa shape index (κ2) is 7.27. The SMILES string of the molecule is CC(=O)C(CCCCN)NC(=O)OC(C)(C)C. The summed E-state index contributed by atoms with van der Waals surface area (Å²) in [6.45, 7) is 7.40. The Labute approximate surface area is 103 Å². The van der Waals surface area contributed by atoms with E-state index >= 15 is 0 Å². The molecular weight excluding hydrogens is 220 g/mol. The van der Waals surface area contributed by atoms with Crippen LogP contribution < -0.4 is 11.1 Å². The fourth-order valence-electron chi connectivity index (χ4n) is 1.32. The van der Waals surface area contributed by atoms with Crippen LogP contribution in [0.5, 0.6) is 0 Å². The van der Waals surface area contributed by atoms with Crippen LogP contribution in [0.1, 0.15) is 47.0 Å². The van der Waals surface area contributed by atoms with E-state index in [9.17, 15) is 9.59 Å². The van der Waals surface area contributed by atoms with Gasteiger partial charge in [0.05, 0.1) is 6.04 Å². The average molecular weight is 244 g/mol. The van der Waals surface area contributed by atoms with Gasteiger partial charge in [0.25, 0.3) is 0 Å². The maximum atomic E-state index is 11.5. The van der Waals surface area contributed by atoms with Gasteiger partial charge in [0, 0.05) is 0 Å². The third-order valence-corrected chi connectivity index (χ3v) is 2.13. The number of carbonyl (C=O) groups is 2. The second-order valence-electron chi connectivity index (χ2n) is 5.09. The van der Waals surface area contributed by atoms with Gasteiger partial charge in [0.2, 0.25) is 0 Å². The summed E-state index contributed by atoms with van der Waals surface area (Å²) in [6, 6.07) is -0.476. The van der Waals surface area contributed by atoms with Gasteiger partial charge in [-0.2, -0.15) is 0 Å². The Morgan fingerprint density at radius 3 is 2.29 bits per heavy atom. The maximum Gasteiger partial charge on any atom is 0.408 e. The van der Waals surface area contributed by atoms with E-state index in [-0.39, 0.29) is 5.78 Å². The predicted octanol–water partition coefficient (Wildman–Crippen LogP) is 1.60. The van der Waals surface area contributed by atoms with Crippen molar-refractivity contribution in [1.82, 2.24) is 5.32 Å². The average Bonchev–Trinajstić information content (AvgIpc) is 2.13. The molecule has 0 heterocycles. The number of hydrogen-bond donors (Lipinski definition) is 2. The second-order valence-corrected chi connectivity index (χ2v) is 5.09. The van der Waals surface area contributed by atoms with Gasteiger partial charge in [-0.25, -0.2) is 4.79 Å². The van der Waals surface area contributed by atoms with Crippen LogP contribution in [-0.4, -0.2) is 30.1 Å². The summed E-state index contributed by atoms with van der Waals surface area (Å²) < 4.78 is 5.10. The number of hydrogen-bond acceptors (Lipinski definition) is 4. The van der Waals surface area contributed by atoms with E-state index in [2.05, 4.69) is 5.32 Å². The maximum absolute atomic E-state index is 11.5. The van der Waals surface area contributed by atoms with Gasteiger partial charge in [-0.15, -0.1) is 0 Å². The molecule has 0 saturated heterocycles. The number of nitrogens with one attached hydrogen (secondary N) is 1. The molecule has 1 unspecified atom stereocenters. The summed E-state index contributed by atoms with van der Waals surface area (Å²) in [5, 5.41) is 2.58. The molecule has 1 atom stereocenters. The van der Waals surface area contributed by atoms with Crippen LogP contribution in [0.3, 0.4) is 0 Å². The van der Waals surface area contributed by atoms with E-state index < -0.39 is 17.7 Å². The molecule has 0 saturated carbocycles. The molecule has 3 N–H and O–H groups in total. The molecule has 17 heavy (non-hydrogen) atoms. The summed E-state index contributed by atoms with van der Waals surface area (Å²) in [4.78, 5) is 22.8. The van der Waals surface area contributed by atoms with Crippen molar-refractivity contribution in [2.75, 3.05) is 6.54 Å². The van der Waals surface area contributed by atoms with E-state index in [1.807, 2.05) is 0 Å². The van der Waals surface area contributed by atoms with Gasteiger partial charge in [0.15, 0.2) is 5.78 Å². The largest absolute Gasteiger partial charge is 0.444 e. The van der Waals surface area contributed by atoms with Gasteiger partial charge < -0.3 is 15.8 Å². The minimum absolute atomic E-state index is 0.0621. The number of carbonyl (C=O) groups excluding carboxylic acids is 2. The van der Waals surface area contributed by atoms with Crippen LogP contribution in [0.25, 0.3) is 0 Å². The van der Waals surface area contributed by atoms with E-state index in [1.54, 1.807) is 20.8 Å². The lowest BCUT2D eigenvalue weighted by atomic mass is 10.1. The van der Waals surface area contributed by atoms with E-state index in [1.165, 1.54) is 6.92 Å². The highest BCUT2D eigenvalue weighted by atomic mass is 16.6. The molecule has 0 aliphatic carbocycles. The molecule has 0 aliphatic heterocycles. The van der Waals surface area contributed by atoms with E-state index in [4.69, 9.17) is 10.5 Å². The number of nitrogens with two attached hydrogens (primary N) is 1. The van der Waals surface area contributed by atoms with Crippen LogP contribution in [0.2, 0.25) is 0 Å². The number of ether oxygens (including phenoxy) is 1. The third kappa shape index (κ3) is 8.68. The normalized spacial score (nSPS) is 13.0. The fraction of sp³-hybridized carbons (Fsp3) is 0.833. The Morgan fingerprint density at radius 1 is 1.29 bits per heavy atom. The molecule has 5 heteroatoms. The molecule has 0 aromatic carbocycles. The fourth-order valence-corrected chi connectivity index (χ4v) is 1.32. The molecule has 0 fully saturated rings.